The summed E-state index contributed by atoms with van der Waals surface area (Å²) in [4.78, 5) is 0. The molecule has 0 aliphatic carbocycles. The van der Waals surface area contributed by atoms with Gasteiger partial charge in [0.2, 0.25) is 0 Å². The average molecular weight is 184 g/mol. The number of hydrogen-bond acceptors (Lipinski definition) is 3. The summed E-state index contributed by atoms with van der Waals surface area (Å²) in [7, 11) is 0.0576. The maximum atomic E-state index is 5.65. The topological polar surface area (TPSA) is 31.0 Å². The van der Waals surface area contributed by atoms with Crippen LogP contribution in [-0.4, -0.2) is 32.5 Å². The zero-order chi connectivity index (χ0) is 9.10. The second-order valence-corrected chi connectivity index (χ2v) is 3.82. The Bertz CT molecular complexity index is 161. The van der Waals surface area contributed by atoms with E-state index in [4.69, 9.17) is 14.0 Å². The Kier molecular flexibility index (Phi) is 3.25. The summed E-state index contributed by atoms with van der Waals surface area (Å²) in [6, 6.07) is 0. The molecule has 13 heavy (non-hydrogen) atoms. The monoisotopic (exact) mass is 184 g/mol. The third-order valence-electron chi connectivity index (χ3n) is 2.60. The van der Waals surface area contributed by atoms with E-state index >= 15 is 0 Å². The first-order chi connectivity index (χ1) is 6.38. The Hall–Kier alpha value is -0.0551. The van der Waals surface area contributed by atoms with E-state index in [9.17, 15) is 0 Å². The van der Waals surface area contributed by atoms with E-state index in [-0.39, 0.29) is 7.12 Å². The summed E-state index contributed by atoms with van der Waals surface area (Å²) in [5.41, 5.74) is 0. The van der Waals surface area contributed by atoms with Crippen molar-refractivity contribution in [2.75, 3.05) is 13.2 Å². The molecule has 0 N–H and O–H groups in total. The van der Waals surface area contributed by atoms with Crippen LogP contribution in [0.1, 0.15) is 26.2 Å². The first kappa shape index (κ1) is 9.50. The van der Waals surface area contributed by atoms with Crippen molar-refractivity contribution < 1.29 is 14.0 Å². The van der Waals surface area contributed by atoms with Crippen LogP contribution in [0.2, 0.25) is 6.32 Å². The van der Waals surface area contributed by atoms with Crippen LogP contribution in [0.3, 0.4) is 0 Å². The van der Waals surface area contributed by atoms with Gasteiger partial charge in [-0.05, 0) is 25.6 Å². The van der Waals surface area contributed by atoms with E-state index in [1.165, 1.54) is 12.8 Å². The molecule has 2 fully saturated rings. The summed E-state index contributed by atoms with van der Waals surface area (Å²) in [6.45, 7) is 3.84. The van der Waals surface area contributed by atoms with Crippen molar-refractivity contribution in [3.05, 3.63) is 0 Å². The third kappa shape index (κ3) is 2.97. The Morgan fingerprint density at radius 2 is 2.00 bits per heavy atom. The molecule has 2 aliphatic heterocycles. The molecular formula is C9H17BO3. The van der Waals surface area contributed by atoms with E-state index in [1.807, 2.05) is 0 Å². The van der Waals surface area contributed by atoms with Crippen molar-refractivity contribution in [2.45, 2.75) is 44.7 Å². The van der Waals surface area contributed by atoms with Crippen LogP contribution >= 0.6 is 0 Å². The van der Waals surface area contributed by atoms with Crippen molar-refractivity contribution in [1.82, 2.24) is 0 Å². The quantitative estimate of drug-likeness (QED) is 0.479. The minimum Gasteiger partial charge on any atom is -0.408 e. The minimum atomic E-state index is 0.0576. The lowest BCUT2D eigenvalue weighted by Gasteiger charge is -2.07. The molecule has 0 amide bonds. The van der Waals surface area contributed by atoms with Crippen molar-refractivity contribution in [3.63, 3.8) is 0 Å². The largest absolute Gasteiger partial charge is 0.456 e. The molecule has 74 valence electrons. The molecular weight excluding hydrogens is 167 g/mol. The zero-order valence-corrected chi connectivity index (χ0v) is 8.20. The molecule has 0 spiro atoms. The molecule has 0 aromatic rings. The summed E-state index contributed by atoms with van der Waals surface area (Å²) in [5.74, 6) is 0. The van der Waals surface area contributed by atoms with Gasteiger partial charge in [-0.25, -0.2) is 0 Å². The van der Waals surface area contributed by atoms with E-state index in [0.717, 1.165) is 26.0 Å². The van der Waals surface area contributed by atoms with Crippen molar-refractivity contribution in [2.24, 2.45) is 0 Å². The van der Waals surface area contributed by atoms with Gasteiger partial charge in [-0.1, -0.05) is 6.92 Å². The molecule has 2 atom stereocenters. The first-order valence-electron chi connectivity index (χ1n) is 5.27. The number of rotatable bonds is 5. The van der Waals surface area contributed by atoms with Gasteiger partial charge in [0.05, 0.1) is 25.4 Å². The Morgan fingerprint density at radius 1 is 1.23 bits per heavy atom. The van der Waals surface area contributed by atoms with Gasteiger partial charge in [0, 0.05) is 0 Å². The lowest BCUT2D eigenvalue weighted by Crippen LogP contribution is -2.15. The molecule has 0 radical (unpaired) electrons. The van der Waals surface area contributed by atoms with Crippen LogP contribution in [0.25, 0.3) is 0 Å². The van der Waals surface area contributed by atoms with Crippen LogP contribution in [0.4, 0.5) is 0 Å². The molecule has 3 nitrogen and oxygen atoms in total. The SMILES string of the molecule is CCB1OCC(CCCC2CO2)O1. The van der Waals surface area contributed by atoms with E-state index in [0.29, 0.717) is 12.2 Å². The molecule has 2 heterocycles. The van der Waals surface area contributed by atoms with Gasteiger partial charge in [-0.3, -0.25) is 0 Å². The van der Waals surface area contributed by atoms with Crippen LogP contribution < -0.4 is 0 Å². The van der Waals surface area contributed by atoms with Crippen LogP contribution in [-0.2, 0) is 14.0 Å². The number of hydrogen-bond donors (Lipinski definition) is 0. The molecule has 2 rings (SSSR count). The Morgan fingerprint density at radius 3 is 2.62 bits per heavy atom. The third-order valence-corrected chi connectivity index (χ3v) is 2.60. The fourth-order valence-electron chi connectivity index (χ4n) is 1.68. The summed E-state index contributed by atoms with van der Waals surface area (Å²) in [6.07, 6.45) is 5.37. The van der Waals surface area contributed by atoms with Gasteiger partial charge < -0.3 is 14.0 Å². The highest BCUT2D eigenvalue weighted by atomic mass is 16.6. The van der Waals surface area contributed by atoms with Gasteiger partial charge in [0.15, 0.2) is 0 Å². The smallest absolute Gasteiger partial charge is 0.408 e. The molecule has 0 aromatic heterocycles. The van der Waals surface area contributed by atoms with Gasteiger partial charge in [-0.15, -0.1) is 0 Å². The van der Waals surface area contributed by atoms with Gasteiger partial charge in [0.1, 0.15) is 0 Å². The lowest BCUT2D eigenvalue weighted by molar-refractivity contribution is 0.214. The summed E-state index contributed by atoms with van der Waals surface area (Å²) >= 11 is 0. The van der Waals surface area contributed by atoms with Crippen molar-refractivity contribution in [1.29, 1.82) is 0 Å². The maximum absolute atomic E-state index is 5.65. The Labute approximate surface area is 79.9 Å². The fraction of sp³-hybridized carbons (Fsp3) is 1.00. The van der Waals surface area contributed by atoms with Crippen LogP contribution in [0.15, 0.2) is 0 Å². The second-order valence-electron chi connectivity index (χ2n) is 3.82. The maximum Gasteiger partial charge on any atom is 0.456 e. The summed E-state index contributed by atoms with van der Waals surface area (Å²) < 4.78 is 16.2. The standard InChI is InChI=1S/C9H17BO3/c1-2-10-12-7-9(13-10)5-3-4-8-6-11-8/h8-9H,2-7H2,1H3. The average Bonchev–Trinajstić information content (AvgIpc) is 2.84. The predicted molar refractivity (Wildman–Crippen MR) is 50.7 cm³/mol. The number of epoxide rings is 1. The second kappa shape index (κ2) is 4.44. The van der Waals surface area contributed by atoms with Crippen molar-refractivity contribution >= 4 is 7.12 Å². The van der Waals surface area contributed by atoms with Crippen LogP contribution in [0.5, 0.6) is 0 Å². The molecule has 0 saturated carbocycles. The zero-order valence-electron chi connectivity index (χ0n) is 8.20. The molecule has 0 bridgehead atoms. The molecule has 2 unspecified atom stereocenters. The normalized spacial score (nSPS) is 32.5. The minimum absolute atomic E-state index is 0.0576. The predicted octanol–water partition coefficient (Wildman–Crippen LogP) is 1.48. The molecule has 4 heteroatoms. The highest BCUT2D eigenvalue weighted by molar-refractivity contribution is 6.44. The van der Waals surface area contributed by atoms with Gasteiger partial charge in [-0.2, -0.15) is 0 Å². The lowest BCUT2D eigenvalue weighted by atomic mass is 9.87. The van der Waals surface area contributed by atoms with Gasteiger partial charge >= 0.3 is 7.12 Å². The number of ether oxygens (including phenoxy) is 1. The van der Waals surface area contributed by atoms with E-state index < -0.39 is 0 Å². The first-order valence-corrected chi connectivity index (χ1v) is 5.27. The Balaban J connectivity index is 1.54. The highest BCUT2D eigenvalue weighted by Crippen LogP contribution is 2.20. The highest BCUT2D eigenvalue weighted by Gasteiger charge is 2.29. The van der Waals surface area contributed by atoms with E-state index in [1.54, 1.807) is 0 Å². The van der Waals surface area contributed by atoms with Crippen LogP contribution in [0, 0.1) is 0 Å². The van der Waals surface area contributed by atoms with Gasteiger partial charge in [0.25, 0.3) is 0 Å². The summed E-state index contributed by atoms with van der Waals surface area (Å²) in [5, 5.41) is 0. The van der Waals surface area contributed by atoms with E-state index in [2.05, 4.69) is 6.92 Å². The van der Waals surface area contributed by atoms with Crippen molar-refractivity contribution in [3.8, 4) is 0 Å². The molecule has 2 saturated heterocycles. The molecule has 0 aromatic carbocycles. The fourth-order valence-corrected chi connectivity index (χ4v) is 1.68. The molecule has 2 aliphatic rings.